The number of nitrogens with one attached hydrogen (secondary N) is 2. The molecule has 1 aliphatic heterocycles. The van der Waals surface area contributed by atoms with E-state index in [1.807, 2.05) is 47.1 Å². The van der Waals surface area contributed by atoms with Crippen LogP contribution in [0, 0.1) is 18.3 Å². The first kappa shape index (κ1) is 28.1. The minimum Gasteiger partial charge on any atom is -0.395 e. The number of urea groups is 1. The second kappa shape index (κ2) is 14.3. The molecule has 1 saturated heterocycles. The SMILES string of the molecule is Cc1ccc(C(=O)N2CCC(c3ccc(C#N)cc3)CC2)cc1NC(=O)NCCCN(CCO)CCO. The van der Waals surface area contributed by atoms with Gasteiger partial charge in [0.1, 0.15) is 0 Å². The van der Waals surface area contributed by atoms with Crippen LogP contribution in [0.4, 0.5) is 10.5 Å². The summed E-state index contributed by atoms with van der Waals surface area (Å²) in [6, 6.07) is 14.9. The third kappa shape index (κ3) is 8.29. The number of hydrogen-bond acceptors (Lipinski definition) is 6. The maximum atomic E-state index is 13.2. The van der Waals surface area contributed by atoms with E-state index in [1.54, 1.807) is 12.1 Å². The van der Waals surface area contributed by atoms with Crippen LogP contribution in [0.1, 0.15) is 52.2 Å². The molecular weight excluding hydrogens is 470 g/mol. The van der Waals surface area contributed by atoms with Crippen molar-refractivity contribution in [2.24, 2.45) is 0 Å². The Kier molecular flexibility index (Phi) is 10.9. The molecule has 2 aromatic rings. The van der Waals surface area contributed by atoms with Crippen LogP contribution in [0.15, 0.2) is 42.5 Å². The summed E-state index contributed by atoms with van der Waals surface area (Å²) in [5.41, 5.74) is 3.85. The van der Waals surface area contributed by atoms with Gasteiger partial charge in [-0.15, -0.1) is 0 Å². The average Bonchev–Trinajstić information content (AvgIpc) is 2.92. The molecule has 0 atom stereocenters. The predicted molar refractivity (Wildman–Crippen MR) is 142 cm³/mol. The molecule has 0 bridgehead atoms. The van der Waals surface area contributed by atoms with Crippen molar-refractivity contribution in [2.45, 2.75) is 32.1 Å². The van der Waals surface area contributed by atoms with Crippen molar-refractivity contribution in [3.8, 4) is 6.07 Å². The maximum absolute atomic E-state index is 13.2. The number of benzene rings is 2. The van der Waals surface area contributed by atoms with Gasteiger partial charge in [0.05, 0.1) is 24.8 Å². The van der Waals surface area contributed by atoms with Crippen LogP contribution in [0.3, 0.4) is 0 Å². The first-order chi connectivity index (χ1) is 17.9. The van der Waals surface area contributed by atoms with Crippen LogP contribution < -0.4 is 10.6 Å². The fourth-order valence-corrected chi connectivity index (χ4v) is 4.61. The molecule has 9 heteroatoms. The number of aliphatic hydroxyl groups excluding tert-OH is 2. The Hall–Kier alpha value is -3.45. The van der Waals surface area contributed by atoms with Gasteiger partial charge in [-0.1, -0.05) is 18.2 Å². The molecule has 0 unspecified atom stereocenters. The summed E-state index contributed by atoms with van der Waals surface area (Å²) in [7, 11) is 0. The van der Waals surface area contributed by atoms with Crippen molar-refractivity contribution < 1.29 is 19.8 Å². The molecule has 2 aromatic carbocycles. The zero-order chi connectivity index (χ0) is 26.6. The largest absolute Gasteiger partial charge is 0.395 e. The number of amides is 3. The fraction of sp³-hybridized carbons (Fsp3) is 0.464. The quantitative estimate of drug-likeness (QED) is 0.346. The minimum absolute atomic E-state index is 0.0252. The number of carbonyl (C=O) groups excluding carboxylic acids is 2. The van der Waals surface area contributed by atoms with Gasteiger partial charge in [-0.05, 0) is 74.0 Å². The zero-order valence-electron chi connectivity index (χ0n) is 21.4. The van der Waals surface area contributed by atoms with E-state index in [-0.39, 0.29) is 25.2 Å². The molecular formula is C28H37N5O4. The smallest absolute Gasteiger partial charge is 0.319 e. The Morgan fingerprint density at radius 1 is 1.05 bits per heavy atom. The molecule has 1 heterocycles. The number of rotatable bonds is 11. The highest BCUT2D eigenvalue weighted by Gasteiger charge is 2.25. The standard InChI is InChI=1S/C28H37N5O4/c1-21-3-6-25(19-26(21)31-28(37)30-11-2-12-32(15-17-34)16-18-35)27(36)33-13-9-24(10-14-33)23-7-4-22(20-29)5-8-23/h3-8,19,24,34-35H,2,9-18H2,1H3,(H2,30,31,37). The van der Waals surface area contributed by atoms with Crippen molar-refractivity contribution in [3.05, 3.63) is 64.7 Å². The summed E-state index contributed by atoms with van der Waals surface area (Å²) < 4.78 is 0. The van der Waals surface area contributed by atoms with E-state index in [2.05, 4.69) is 16.7 Å². The van der Waals surface area contributed by atoms with Crippen molar-refractivity contribution >= 4 is 17.6 Å². The summed E-state index contributed by atoms with van der Waals surface area (Å²) in [6.45, 7) is 5.33. The van der Waals surface area contributed by atoms with E-state index in [0.717, 1.165) is 18.4 Å². The lowest BCUT2D eigenvalue weighted by Gasteiger charge is -2.32. The van der Waals surface area contributed by atoms with Gasteiger partial charge in [0, 0.05) is 44.0 Å². The third-order valence-electron chi connectivity index (χ3n) is 6.80. The monoisotopic (exact) mass is 507 g/mol. The van der Waals surface area contributed by atoms with Gasteiger partial charge in [0.2, 0.25) is 0 Å². The molecule has 0 saturated carbocycles. The summed E-state index contributed by atoms with van der Waals surface area (Å²) in [5.74, 6) is 0.324. The van der Waals surface area contributed by atoms with Gasteiger partial charge in [-0.25, -0.2) is 4.79 Å². The molecule has 37 heavy (non-hydrogen) atoms. The van der Waals surface area contributed by atoms with Gasteiger partial charge in [-0.2, -0.15) is 5.26 Å². The second-order valence-corrected chi connectivity index (χ2v) is 9.35. The average molecular weight is 508 g/mol. The van der Waals surface area contributed by atoms with Gasteiger partial charge >= 0.3 is 6.03 Å². The van der Waals surface area contributed by atoms with Crippen molar-refractivity contribution in [1.29, 1.82) is 5.26 Å². The van der Waals surface area contributed by atoms with Crippen LogP contribution in [-0.4, -0.2) is 84.4 Å². The van der Waals surface area contributed by atoms with E-state index >= 15 is 0 Å². The first-order valence-electron chi connectivity index (χ1n) is 12.8. The van der Waals surface area contributed by atoms with Crippen molar-refractivity contribution in [1.82, 2.24) is 15.1 Å². The lowest BCUT2D eigenvalue weighted by Crippen LogP contribution is -2.38. The van der Waals surface area contributed by atoms with Gasteiger partial charge in [0.25, 0.3) is 5.91 Å². The van der Waals surface area contributed by atoms with E-state index in [0.29, 0.717) is 68.4 Å². The summed E-state index contributed by atoms with van der Waals surface area (Å²) in [5, 5.41) is 32.8. The number of nitrogens with zero attached hydrogens (tertiary/aromatic N) is 3. The minimum atomic E-state index is -0.341. The van der Waals surface area contributed by atoms with E-state index in [1.165, 1.54) is 5.56 Å². The Bertz CT molecular complexity index is 1070. The molecule has 1 fully saturated rings. The number of carbonyl (C=O) groups is 2. The van der Waals surface area contributed by atoms with Crippen LogP contribution in [0.2, 0.25) is 0 Å². The topological polar surface area (TPSA) is 129 Å². The van der Waals surface area contributed by atoms with Gasteiger partial charge in [0.15, 0.2) is 0 Å². The van der Waals surface area contributed by atoms with E-state index < -0.39 is 0 Å². The Labute approximate surface area is 218 Å². The van der Waals surface area contributed by atoms with Crippen molar-refractivity contribution in [2.75, 3.05) is 57.8 Å². The first-order valence-corrected chi connectivity index (χ1v) is 12.8. The number of aryl methyl sites for hydroxylation is 1. The number of piperidine rings is 1. The van der Waals surface area contributed by atoms with Crippen molar-refractivity contribution in [3.63, 3.8) is 0 Å². The second-order valence-electron chi connectivity index (χ2n) is 9.35. The van der Waals surface area contributed by atoms with Gasteiger partial charge in [-0.3, -0.25) is 9.69 Å². The fourth-order valence-electron chi connectivity index (χ4n) is 4.61. The van der Waals surface area contributed by atoms with Crippen LogP contribution in [-0.2, 0) is 0 Å². The highest BCUT2D eigenvalue weighted by Crippen LogP contribution is 2.29. The summed E-state index contributed by atoms with van der Waals surface area (Å²) in [4.78, 5) is 29.4. The van der Waals surface area contributed by atoms with E-state index in [9.17, 15) is 9.59 Å². The lowest BCUT2D eigenvalue weighted by atomic mass is 9.89. The van der Waals surface area contributed by atoms with Gasteiger partial charge < -0.3 is 25.7 Å². The molecule has 4 N–H and O–H groups in total. The Morgan fingerprint density at radius 2 is 1.73 bits per heavy atom. The molecule has 3 rings (SSSR count). The highest BCUT2D eigenvalue weighted by atomic mass is 16.3. The number of aliphatic hydroxyl groups is 2. The van der Waals surface area contributed by atoms with Crippen LogP contribution in [0.5, 0.6) is 0 Å². The predicted octanol–water partition coefficient (Wildman–Crippen LogP) is 2.68. The van der Waals surface area contributed by atoms with E-state index in [4.69, 9.17) is 15.5 Å². The molecule has 0 aliphatic carbocycles. The Balaban J connectivity index is 1.50. The maximum Gasteiger partial charge on any atom is 0.319 e. The molecule has 198 valence electrons. The molecule has 9 nitrogen and oxygen atoms in total. The Morgan fingerprint density at radius 3 is 2.35 bits per heavy atom. The molecule has 1 aliphatic rings. The molecule has 0 radical (unpaired) electrons. The summed E-state index contributed by atoms with van der Waals surface area (Å²) >= 11 is 0. The summed E-state index contributed by atoms with van der Waals surface area (Å²) in [6.07, 6.45) is 2.42. The molecule has 0 spiro atoms. The van der Waals surface area contributed by atoms with Crippen LogP contribution in [0.25, 0.3) is 0 Å². The number of anilines is 1. The molecule has 0 aromatic heterocycles. The number of hydrogen-bond donors (Lipinski definition) is 4. The zero-order valence-corrected chi connectivity index (χ0v) is 21.4. The third-order valence-corrected chi connectivity index (χ3v) is 6.80. The highest BCUT2D eigenvalue weighted by molar-refractivity contribution is 5.97. The number of likely N-dealkylation sites (tertiary alicyclic amines) is 1. The lowest BCUT2D eigenvalue weighted by molar-refractivity contribution is 0.0713. The van der Waals surface area contributed by atoms with Crippen LogP contribution >= 0.6 is 0 Å². The number of nitriles is 1. The molecule has 3 amide bonds. The normalized spacial score (nSPS) is 13.9.